The van der Waals surface area contributed by atoms with Crippen molar-refractivity contribution in [1.82, 2.24) is 4.57 Å². The predicted molar refractivity (Wildman–Crippen MR) is 70.1 cm³/mol. The van der Waals surface area contributed by atoms with Crippen LogP contribution < -0.4 is 0 Å². The van der Waals surface area contributed by atoms with E-state index in [-0.39, 0.29) is 0 Å². The van der Waals surface area contributed by atoms with E-state index in [9.17, 15) is 0 Å². The zero-order valence-electron chi connectivity index (χ0n) is 9.02. The summed E-state index contributed by atoms with van der Waals surface area (Å²) in [6.07, 6.45) is 0. The Kier molecular flexibility index (Phi) is 2.28. The average Bonchev–Trinajstić information content (AvgIpc) is 2.65. The van der Waals surface area contributed by atoms with Crippen LogP contribution in [0.3, 0.4) is 0 Å². The van der Waals surface area contributed by atoms with Gasteiger partial charge in [-0.25, -0.2) is 0 Å². The fraction of sp³-hybridized carbons (Fsp3) is 0.0714. The van der Waals surface area contributed by atoms with Crippen molar-refractivity contribution in [2.75, 3.05) is 0 Å². The molecule has 0 aliphatic carbocycles. The average molecular weight is 241 g/mol. The molecule has 0 amide bonds. The van der Waals surface area contributed by atoms with E-state index >= 15 is 0 Å². The second-order valence-corrected chi connectivity index (χ2v) is 4.36. The number of nitriles is 1. The number of para-hydroxylation sites is 1. The summed E-state index contributed by atoms with van der Waals surface area (Å²) < 4.78 is 2.01. The van der Waals surface area contributed by atoms with Crippen molar-refractivity contribution >= 4 is 33.4 Å². The third kappa shape index (κ3) is 1.48. The zero-order valence-corrected chi connectivity index (χ0v) is 9.78. The lowest BCUT2D eigenvalue weighted by Gasteiger charge is -2.00. The van der Waals surface area contributed by atoms with Crippen LogP contribution in [0.5, 0.6) is 0 Å². The molecule has 0 aliphatic heterocycles. The molecule has 0 saturated carbocycles. The molecule has 0 unspecified atom stereocenters. The molecule has 17 heavy (non-hydrogen) atoms. The summed E-state index contributed by atoms with van der Waals surface area (Å²) in [5.74, 6) is 0. The highest BCUT2D eigenvalue weighted by molar-refractivity contribution is 6.31. The Morgan fingerprint density at radius 3 is 2.65 bits per heavy atom. The summed E-state index contributed by atoms with van der Waals surface area (Å²) in [4.78, 5) is 0. The van der Waals surface area contributed by atoms with Crippen molar-refractivity contribution in [2.45, 2.75) is 6.54 Å². The number of nitrogens with zero attached hydrogens (tertiary/aromatic N) is 2. The predicted octanol–water partition coefficient (Wildman–Crippen LogP) is 3.97. The molecule has 3 heteroatoms. The first-order chi connectivity index (χ1) is 8.31. The molecule has 0 radical (unpaired) electrons. The van der Waals surface area contributed by atoms with Crippen LogP contribution in [-0.4, -0.2) is 4.57 Å². The van der Waals surface area contributed by atoms with E-state index < -0.39 is 0 Å². The molecular formula is C14H9ClN2. The van der Waals surface area contributed by atoms with E-state index in [0.29, 0.717) is 6.54 Å². The van der Waals surface area contributed by atoms with Gasteiger partial charge >= 0.3 is 0 Å². The van der Waals surface area contributed by atoms with Crippen LogP contribution in [0.1, 0.15) is 0 Å². The molecule has 3 aromatic rings. The third-order valence-electron chi connectivity index (χ3n) is 2.96. The van der Waals surface area contributed by atoms with Gasteiger partial charge in [-0.3, -0.25) is 0 Å². The fourth-order valence-corrected chi connectivity index (χ4v) is 2.44. The van der Waals surface area contributed by atoms with Crippen LogP contribution in [0, 0.1) is 11.3 Å². The Hall–Kier alpha value is -1.98. The van der Waals surface area contributed by atoms with Gasteiger partial charge in [-0.05, 0) is 24.3 Å². The SMILES string of the molecule is N#CCn1c2ccccc2c2cc(Cl)ccc21. The second kappa shape index (κ2) is 3.80. The van der Waals surface area contributed by atoms with Gasteiger partial charge in [-0.1, -0.05) is 29.8 Å². The van der Waals surface area contributed by atoms with Gasteiger partial charge in [-0.2, -0.15) is 5.26 Å². The maximum atomic E-state index is 8.91. The molecule has 2 nitrogen and oxygen atoms in total. The van der Waals surface area contributed by atoms with Crippen molar-refractivity contribution < 1.29 is 0 Å². The molecule has 0 fully saturated rings. The van der Waals surface area contributed by atoms with Crippen molar-refractivity contribution in [3.8, 4) is 6.07 Å². The van der Waals surface area contributed by atoms with Crippen LogP contribution in [0.2, 0.25) is 5.02 Å². The van der Waals surface area contributed by atoms with E-state index in [1.807, 2.05) is 41.0 Å². The third-order valence-corrected chi connectivity index (χ3v) is 3.20. The minimum absolute atomic E-state index is 0.353. The topological polar surface area (TPSA) is 28.7 Å². The summed E-state index contributed by atoms with van der Waals surface area (Å²) in [6, 6.07) is 16.0. The molecule has 0 aliphatic rings. The first kappa shape index (κ1) is 10.2. The van der Waals surface area contributed by atoms with E-state index in [4.69, 9.17) is 16.9 Å². The molecule has 0 bridgehead atoms. The minimum atomic E-state index is 0.353. The maximum Gasteiger partial charge on any atom is 0.110 e. The normalized spacial score (nSPS) is 10.8. The van der Waals surface area contributed by atoms with Crippen LogP contribution >= 0.6 is 11.6 Å². The number of aromatic nitrogens is 1. The largest absolute Gasteiger partial charge is 0.326 e. The Balaban J connectivity index is 2.53. The van der Waals surface area contributed by atoms with Gasteiger partial charge in [-0.15, -0.1) is 0 Å². The van der Waals surface area contributed by atoms with Gasteiger partial charge in [0.2, 0.25) is 0 Å². The molecule has 82 valence electrons. The molecule has 2 aromatic carbocycles. The maximum absolute atomic E-state index is 8.91. The summed E-state index contributed by atoms with van der Waals surface area (Å²) in [5, 5.41) is 11.9. The van der Waals surface area contributed by atoms with Gasteiger partial charge in [0.25, 0.3) is 0 Å². The van der Waals surface area contributed by atoms with Crippen LogP contribution in [-0.2, 0) is 6.54 Å². The molecule has 0 atom stereocenters. The lowest BCUT2D eigenvalue weighted by molar-refractivity contribution is 0.910. The Morgan fingerprint density at radius 1 is 1.06 bits per heavy atom. The van der Waals surface area contributed by atoms with E-state index in [2.05, 4.69) is 12.1 Å². The van der Waals surface area contributed by atoms with Crippen molar-refractivity contribution in [3.63, 3.8) is 0 Å². The van der Waals surface area contributed by atoms with Crippen molar-refractivity contribution in [2.24, 2.45) is 0 Å². The van der Waals surface area contributed by atoms with Gasteiger partial charge in [0.1, 0.15) is 6.54 Å². The molecule has 0 N–H and O–H groups in total. The van der Waals surface area contributed by atoms with E-state index in [0.717, 1.165) is 26.8 Å². The molecule has 1 aromatic heterocycles. The first-order valence-corrected chi connectivity index (χ1v) is 5.72. The lowest BCUT2D eigenvalue weighted by atomic mass is 10.2. The highest BCUT2D eigenvalue weighted by Gasteiger charge is 2.09. The molecule has 0 saturated heterocycles. The van der Waals surface area contributed by atoms with Crippen LogP contribution in [0.15, 0.2) is 42.5 Å². The molecule has 3 rings (SSSR count). The lowest BCUT2D eigenvalue weighted by Crippen LogP contribution is -1.93. The molecular weight excluding hydrogens is 232 g/mol. The minimum Gasteiger partial charge on any atom is -0.326 e. The standard InChI is InChI=1S/C14H9ClN2/c15-10-5-6-14-12(9-10)11-3-1-2-4-13(11)17(14)8-7-16/h1-6,9H,8H2. The van der Waals surface area contributed by atoms with E-state index in [1.165, 1.54) is 0 Å². The van der Waals surface area contributed by atoms with E-state index in [1.54, 1.807) is 0 Å². The number of hydrogen-bond donors (Lipinski definition) is 0. The second-order valence-electron chi connectivity index (χ2n) is 3.92. The summed E-state index contributed by atoms with van der Waals surface area (Å²) in [7, 11) is 0. The van der Waals surface area contributed by atoms with Crippen LogP contribution in [0.4, 0.5) is 0 Å². The Labute approximate surface area is 104 Å². The smallest absolute Gasteiger partial charge is 0.110 e. The van der Waals surface area contributed by atoms with Gasteiger partial charge < -0.3 is 4.57 Å². The van der Waals surface area contributed by atoms with Gasteiger partial charge in [0.05, 0.1) is 17.1 Å². The number of hydrogen-bond acceptors (Lipinski definition) is 1. The molecule has 1 heterocycles. The Morgan fingerprint density at radius 2 is 1.82 bits per heavy atom. The summed E-state index contributed by atoms with van der Waals surface area (Å²) in [6.45, 7) is 0.353. The number of benzene rings is 2. The highest BCUT2D eigenvalue weighted by Crippen LogP contribution is 2.30. The van der Waals surface area contributed by atoms with Crippen molar-refractivity contribution in [3.05, 3.63) is 47.5 Å². The summed E-state index contributed by atoms with van der Waals surface area (Å²) in [5.41, 5.74) is 2.13. The van der Waals surface area contributed by atoms with Gasteiger partial charge in [0, 0.05) is 15.8 Å². The highest BCUT2D eigenvalue weighted by atomic mass is 35.5. The molecule has 0 spiro atoms. The Bertz CT molecular complexity index is 750. The zero-order chi connectivity index (χ0) is 11.8. The number of halogens is 1. The summed E-state index contributed by atoms with van der Waals surface area (Å²) >= 11 is 6.03. The number of rotatable bonds is 1. The van der Waals surface area contributed by atoms with Crippen LogP contribution in [0.25, 0.3) is 21.8 Å². The number of fused-ring (bicyclic) bond motifs is 3. The van der Waals surface area contributed by atoms with Crippen molar-refractivity contribution in [1.29, 1.82) is 5.26 Å². The first-order valence-electron chi connectivity index (χ1n) is 5.34. The monoisotopic (exact) mass is 240 g/mol. The quantitative estimate of drug-likeness (QED) is 0.633. The fourth-order valence-electron chi connectivity index (χ4n) is 2.27. The van der Waals surface area contributed by atoms with Gasteiger partial charge in [0.15, 0.2) is 0 Å².